The van der Waals surface area contributed by atoms with Crippen molar-refractivity contribution < 1.29 is 0 Å². The van der Waals surface area contributed by atoms with Crippen molar-refractivity contribution in [1.82, 2.24) is 0 Å². The highest BCUT2D eigenvalue weighted by Crippen LogP contribution is 2.15. The Kier molecular flexibility index (Phi) is 13.7. The molecule has 0 atom stereocenters. The van der Waals surface area contributed by atoms with Crippen LogP contribution in [0.1, 0.15) is 77.0 Å². The van der Waals surface area contributed by atoms with Crippen LogP contribution >= 0.6 is 12.6 Å². The van der Waals surface area contributed by atoms with Gasteiger partial charge in [-0.05, 0) is 6.26 Å². The molecule has 0 radical (unpaired) electrons. The van der Waals surface area contributed by atoms with Gasteiger partial charge in [0.1, 0.15) is 0 Å². The molecular weight excluding hydrogens is 188 g/mol. The van der Waals surface area contributed by atoms with Crippen LogP contribution in [-0.2, 0) is 0 Å². The van der Waals surface area contributed by atoms with Crippen molar-refractivity contribution in [2.45, 2.75) is 77.0 Å². The fourth-order valence-corrected chi connectivity index (χ4v) is 0.750. The second kappa shape index (κ2) is 13.4. The largest absolute Gasteiger partial charge is 0.183 e. The van der Waals surface area contributed by atoms with E-state index < -0.39 is 0 Å². The van der Waals surface area contributed by atoms with Crippen molar-refractivity contribution in [3.05, 3.63) is 0 Å². The second-order valence-electron chi connectivity index (χ2n) is 4.24. The monoisotopic (exact) mass is 216 g/mol. The van der Waals surface area contributed by atoms with E-state index >= 15 is 0 Å². The lowest BCUT2D eigenvalue weighted by atomic mass is 10.0. The highest BCUT2D eigenvalue weighted by atomic mass is 32.1. The fourth-order valence-electron chi connectivity index (χ4n) is 0.750. The van der Waals surface area contributed by atoms with Gasteiger partial charge in [-0.1, -0.05) is 77.0 Å². The third-order valence-corrected chi connectivity index (χ3v) is 3.00. The van der Waals surface area contributed by atoms with Gasteiger partial charge in [-0.15, -0.1) is 0 Å². The van der Waals surface area contributed by atoms with E-state index in [1.165, 1.54) is 77.0 Å². The molecule has 0 aromatic rings. The maximum atomic E-state index is 3.53. The molecule has 0 bridgehead atoms. The molecule has 86 valence electrons. The second-order valence-corrected chi connectivity index (χ2v) is 4.24. The molecule has 0 nitrogen and oxygen atoms in total. The first kappa shape index (κ1) is 14.3. The van der Waals surface area contributed by atoms with Gasteiger partial charge < -0.3 is 0 Å². The number of hydrogen-bond acceptors (Lipinski definition) is 1. The Labute approximate surface area is 96.3 Å². The lowest BCUT2D eigenvalue weighted by Gasteiger charge is -2.05. The zero-order valence-corrected chi connectivity index (χ0v) is 10.8. The minimum absolute atomic E-state index is 1.50. The molecule has 0 saturated heterocycles. The molecule has 0 spiro atoms. The Balaban J connectivity index is 0.000000167. The number of thiol groups is 1. The first-order valence-electron chi connectivity index (χ1n) is 6.45. The summed E-state index contributed by atoms with van der Waals surface area (Å²) < 4.78 is 0. The Morgan fingerprint density at radius 2 is 0.429 bits per heavy atom. The van der Waals surface area contributed by atoms with E-state index in [4.69, 9.17) is 0 Å². The van der Waals surface area contributed by atoms with E-state index in [1.807, 2.05) is 0 Å². The van der Waals surface area contributed by atoms with E-state index in [9.17, 15) is 0 Å². The van der Waals surface area contributed by atoms with Gasteiger partial charge in [0.2, 0.25) is 0 Å². The van der Waals surface area contributed by atoms with Crippen molar-refractivity contribution in [2.24, 2.45) is 0 Å². The number of hydrogen-bond donors (Lipinski definition) is 1. The zero-order valence-electron chi connectivity index (χ0n) is 9.93. The van der Waals surface area contributed by atoms with Gasteiger partial charge in [-0.2, -0.15) is 12.6 Å². The summed E-state index contributed by atoms with van der Waals surface area (Å²) in [5, 5.41) is 0. The lowest BCUT2D eigenvalue weighted by Crippen LogP contribution is -1.85. The molecule has 3 fully saturated rings. The van der Waals surface area contributed by atoms with Crippen LogP contribution < -0.4 is 0 Å². The number of rotatable bonds is 0. The summed E-state index contributed by atoms with van der Waals surface area (Å²) in [5.41, 5.74) is 0. The van der Waals surface area contributed by atoms with E-state index in [0.29, 0.717) is 0 Å². The maximum Gasteiger partial charge on any atom is -0.0215 e. The van der Waals surface area contributed by atoms with Crippen LogP contribution in [0.3, 0.4) is 0 Å². The predicted octanol–water partition coefficient (Wildman–Crippen LogP) is 5.23. The van der Waals surface area contributed by atoms with Gasteiger partial charge in [0.15, 0.2) is 0 Å². The molecule has 0 N–H and O–H groups in total. The molecule has 0 unspecified atom stereocenters. The quantitative estimate of drug-likeness (QED) is 0.527. The summed E-state index contributed by atoms with van der Waals surface area (Å²) in [7, 11) is 0. The topological polar surface area (TPSA) is 0 Å². The molecule has 3 aliphatic rings. The van der Waals surface area contributed by atoms with Crippen molar-refractivity contribution >= 4 is 12.6 Å². The summed E-state index contributed by atoms with van der Waals surface area (Å²) in [4.78, 5) is 0. The average molecular weight is 216 g/mol. The molecule has 0 amide bonds. The SMILES string of the molecule is C1CCC1.C1CCC1.C1CCC1.CS. The maximum absolute atomic E-state index is 3.53. The molecule has 1 heteroatoms. The van der Waals surface area contributed by atoms with Crippen LogP contribution in [0.5, 0.6) is 0 Å². The molecule has 14 heavy (non-hydrogen) atoms. The first-order valence-corrected chi connectivity index (χ1v) is 7.34. The van der Waals surface area contributed by atoms with E-state index in [2.05, 4.69) is 12.6 Å². The Morgan fingerprint density at radius 1 is 0.357 bits per heavy atom. The lowest BCUT2D eigenvalue weighted by molar-refractivity contribution is 0.504. The first-order chi connectivity index (χ1) is 7.00. The molecule has 0 aromatic carbocycles. The van der Waals surface area contributed by atoms with Gasteiger partial charge >= 0.3 is 0 Å². The van der Waals surface area contributed by atoms with Crippen molar-refractivity contribution in [1.29, 1.82) is 0 Å². The van der Waals surface area contributed by atoms with Gasteiger partial charge in [0, 0.05) is 0 Å². The van der Waals surface area contributed by atoms with Crippen LogP contribution in [0, 0.1) is 0 Å². The Bertz CT molecular complexity index is 48.2. The summed E-state index contributed by atoms with van der Waals surface area (Å²) in [5.74, 6) is 0. The summed E-state index contributed by atoms with van der Waals surface area (Å²) in [6.07, 6.45) is 19.7. The van der Waals surface area contributed by atoms with Crippen LogP contribution in [0.2, 0.25) is 0 Å². The highest BCUT2D eigenvalue weighted by molar-refractivity contribution is 7.79. The molecule has 0 aromatic heterocycles. The zero-order chi connectivity index (χ0) is 10.5. The molecule has 3 aliphatic carbocycles. The van der Waals surface area contributed by atoms with Crippen LogP contribution in [0.25, 0.3) is 0 Å². The fraction of sp³-hybridized carbons (Fsp3) is 1.00. The Hall–Kier alpha value is 0.350. The summed E-state index contributed by atoms with van der Waals surface area (Å²) in [6, 6.07) is 0. The van der Waals surface area contributed by atoms with Crippen molar-refractivity contribution in [3.8, 4) is 0 Å². The summed E-state index contributed by atoms with van der Waals surface area (Å²) in [6.45, 7) is 0. The average Bonchev–Trinajstić information content (AvgIpc) is 1.77. The Morgan fingerprint density at radius 3 is 0.429 bits per heavy atom. The van der Waals surface area contributed by atoms with Crippen LogP contribution in [0.15, 0.2) is 0 Å². The molecule has 3 saturated carbocycles. The molecule has 3 rings (SSSR count). The van der Waals surface area contributed by atoms with Crippen LogP contribution in [-0.4, -0.2) is 6.26 Å². The minimum atomic E-state index is 1.50. The minimum Gasteiger partial charge on any atom is -0.183 e. The van der Waals surface area contributed by atoms with Gasteiger partial charge in [-0.3, -0.25) is 0 Å². The highest BCUT2D eigenvalue weighted by Gasteiger charge is 1.96. The molecule has 0 aliphatic heterocycles. The van der Waals surface area contributed by atoms with E-state index in [0.717, 1.165) is 0 Å². The smallest absolute Gasteiger partial charge is 0.0215 e. The van der Waals surface area contributed by atoms with E-state index in [-0.39, 0.29) is 0 Å². The van der Waals surface area contributed by atoms with E-state index in [1.54, 1.807) is 6.26 Å². The van der Waals surface area contributed by atoms with Crippen LogP contribution in [0.4, 0.5) is 0 Å². The van der Waals surface area contributed by atoms with Crippen molar-refractivity contribution in [3.63, 3.8) is 0 Å². The normalized spacial score (nSPS) is 21.0. The van der Waals surface area contributed by atoms with Gasteiger partial charge in [0.25, 0.3) is 0 Å². The third-order valence-electron chi connectivity index (χ3n) is 3.00. The third kappa shape index (κ3) is 10.4. The predicted molar refractivity (Wildman–Crippen MR) is 70.3 cm³/mol. The van der Waals surface area contributed by atoms with Gasteiger partial charge in [-0.25, -0.2) is 0 Å². The van der Waals surface area contributed by atoms with Gasteiger partial charge in [0.05, 0.1) is 0 Å². The summed E-state index contributed by atoms with van der Waals surface area (Å²) >= 11 is 3.53. The van der Waals surface area contributed by atoms with Crippen molar-refractivity contribution in [2.75, 3.05) is 6.26 Å². The molecular formula is C13H28S. The standard InChI is InChI=1S/3C4H8.CH4S/c3*1-2-4-3-1;1-2/h3*1-4H2;2H,1H3. The molecule has 0 heterocycles.